The summed E-state index contributed by atoms with van der Waals surface area (Å²) in [6.45, 7) is 1.96. The fourth-order valence-electron chi connectivity index (χ4n) is 2.37. The van der Waals surface area contributed by atoms with Gasteiger partial charge in [-0.3, -0.25) is 19.8 Å². The molecule has 1 unspecified atom stereocenters. The van der Waals surface area contributed by atoms with Crippen LogP contribution in [0.4, 0.5) is 11.4 Å². The second-order valence-electron chi connectivity index (χ2n) is 5.58. The monoisotopic (exact) mass is 381 g/mol. The van der Waals surface area contributed by atoms with Crippen molar-refractivity contribution in [3.05, 3.63) is 68.2 Å². The Kier molecular flexibility index (Phi) is 6.36. The van der Waals surface area contributed by atoms with Gasteiger partial charge in [-0.1, -0.05) is 41.4 Å². The van der Waals surface area contributed by atoms with Crippen molar-refractivity contribution >= 4 is 40.5 Å². The number of hydrogen-bond donors (Lipinski definition) is 1. The molecule has 2 rings (SSSR count). The van der Waals surface area contributed by atoms with E-state index in [9.17, 15) is 14.9 Å². The van der Waals surface area contributed by atoms with Crippen LogP contribution in [0.15, 0.2) is 42.5 Å². The van der Waals surface area contributed by atoms with Crippen molar-refractivity contribution in [2.45, 2.75) is 13.0 Å². The summed E-state index contributed by atoms with van der Waals surface area (Å²) < 4.78 is 0. The highest BCUT2D eigenvalue weighted by Crippen LogP contribution is 2.29. The molecule has 0 aromatic heterocycles. The van der Waals surface area contributed by atoms with Gasteiger partial charge in [0.2, 0.25) is 5.91 Å². The van der Waals surface area contributed by atoms with Crippen LogP contribution in [0, 0.1) is 10.1 Å². The van der Waals surface area contributed by atoms with Crippen LogP contribution in [0.5, 0.6) is 0 Å². The van der Waals surface area contributed by atoms with E-state index in [0.717, 1.165) is 5.56 Å². The summed E-state index contributed by atoms with van der Waals surface area (Å²) in [4.78, 5) is 24.5. The molecule has 2 aromatic carbocycles. The van der Waals surface area contributed by atoms with Crippen molar-refractivity contribution in [2.75, 3.05) is 18.9 Å². The zero-order chi connectivity index (χ0) is 18.6. The fourth-order valence-corrected chi connectivity index (χ4v) is 2.94. The number of halogens is 2. The summed E-state index contributed by atoms with van der Waals surface area (Å²) in [5.41, 5.74) is 0.863. The molecular weight excluding hydrogens is 365 g/mol. The average molecular weight is 382 g/mol. The maximum absolute atomic E-state index is 12.2. The first-order chi connectivity index (χ1) is 11.8. The minimum Gasteiger partial charge on any atom is -0.319 e. The van der Waals surface area contributed by atoms with E-state index in [4.69, 9.17) is 23.2 Å². The van der Waals surface area contributed by atoms with Crippen molar-refractivity contribution in [1.82, 2.24) is 4.90 Å². The molecule has 132 valence electrons. The summed E-state index contributed by atoms with van der Waals surface area (Å²) >= 11 is 12.1. The number of nitro benzene ring substituents is 1. The molecular formula is C17H17Cl2N3O3. The Labute approximate surface area is 155 Å². The molecule has 0 aliphatic heterocycles. The van der Waals surface area contributed by atoms with Crippen molar-refractivity contribution in [3.63, 3.8) is 0 Å². The first-order valence-electron chi connectivity index (χ1n) is 7.48. The van der Waals surface area contributed by atoms with E-state index in [1.165, 1.54) is 12.1 Å². The summed E-state index contributed by atoms with van der Waals surface area (Å²) in [5.74, 6) is -0.353. The third-order valence-corrected chi connectivity index (χ3v) is 4.40. The predicted molar refractivity (Wildman–Crippen MR) is 99.2 cm³/mol. The number of benzene rings is 2. The van der Waals surface area contributed by atoms with Crippen molar-refractivity contribution < 1.29 is 9.72 Å². The van der Waals surface area contributed by atoms with Gasteiger partial charge >= 0.3 is 0 Å². The second kappa shape index (κ2) is 8.29. The molecule has 2 aromatic rings. The standard InChI is InChI=1S/C17H17Cl2N3O3/c1-11(13-8-7-12(18)9-14(13)19)21(2)10-17(23)20-15-5-3-4-6-16(15)22(24)25/h3-9,11H,10H2,1-2H3,(H,20,23). The molecule has 0 spiro atoms. The highest BCUT2D eigenvalue weighted by Gasteiger charge is 2.19. The smallest absolute Gasteiger partial charge is 0.292 e. The van der Waals surface area contributed by atoms with Crippen LogP contribution in [0.1, 0.15) is 18.5 Å². The number of carbonyl (C=O) groups excluding carboxylic acids is 1. The Morgan fingerprint density at radius 1 is 1.28 bits per heavy atom. The van der Waals surface area contributed by atoms with Crippen LogP contribution in [0.2, 0.25) is 10.0 Å². The maximum atomic E-state index is 12.2. The molecule has 0 aliphatic rings. The van der Waals surface area contributed by atoms with Gasteiger partial charge in [-0.15, -0.1) is 0 Å². The minimum absolute atomic E-state index is 0.0478. The fraction of sp³-hybridized carbons (Fsp3) is 0.235. The molecule has 6 nitrogen and oxygen atoms in total. The lowest BCUT2D eigenvalue weighted by molar-refractivity contribution is -0.383. The molecule has 1 N–H and O–H groups in total. The first-order valence-corrected chi connectivity index (χ1v) is 8.23. The molecule has 25 heavy (non-hydrogen) atoms. The molecule has 0 radical (unpaired) electrons. The number of nitrogens with zero attached hydrogens (tertiary/aromatic N) is 2. The summed E-state index contributed by atoms with van der Waals surface area (Å²) in [6.07, 6.45) is 0. The van der Waals surface area contributed by atoms with Crippen LogP contribution in [0.3, 0.4) is 0 Å². The quantitative estimate of drug-likeness (QED) is 0.588. The van der Waals surface area contributed by atoms with E-state index in [0.29, 0.717) is 10.0 Å². The zero-order valence-electron chi connectivity index (χ0n) is 13.7. The normalized spacial score (nSPS) is 12.0. The predicted octanol–water partition coefficient (Wildman–Crippen LogP) is 4.53. The first kappa shape index (κ1) is 19.2. The number of hydrogen-bond acceptors (Lipinski definition) is 4. The number of carbonyl (C=O) groups is 1. The van der Waals surface area contributed by atoms with Crippen LogP contribution in [-0.4, -0.2) is 29.3 Å². The Hall–Kier alpha value is -2.15. The number of rotatable bonds is 6. The van der Waals surface area contributed by atoms with Gasteiger partial charge in [0.1, 0.15) is 5.69 Å². The number of likely N-dealkylation sites (N-methyl/N-ethyl adjacent to an activating group) is 1. The number of anilines is 1. The lowest BCUT2D eigenvalue weighted by Gasteiger charge is -2.25. The Morgan fingerprint density at radius 3 is 2.60 bits per heavy atom. The molecule has 0 saturated heterocycles. The average Bonchev–Trinajstić information content (AvgIpc) is 2.54. The Balaban J connectivity index is 2.06. The molecule has 1 amide bonds. The SMILES string of the molecule is CC(c1ccc(Cl)cc1Cl)N(C)CC(=O)Nc1ccccc1[N+](=O)[O-]. The highest BCUT2D eigenvalue weighted by atomic mass is 35.5. The van der Waals surface area contributed by atoms with E-state index < -0.39 is 4.92 Å². The molecule has 0 aliphatic carbocycles. The topological polar surface area (TPSA) is 75.5 Å². The Bertz CT molecular complexity index is 798. The van der Waals surface area contributed by atoms with Gasteiger partial charge < -0.3 is 5.32 Å². The Morgan fingerprint density at radius 2 is 1.96 bits per heavy atom. The number of amides is 1. The molecule has 1 atom stereocenters. The number of nitrogens with one attached hydrogen (secondary N) is 1. The van der Waals surface area contributed by atoms with Gasteiger partial charge in [-0.25, -0.2) is 0 Å². The van der Waals surface area contributed by atoms with Crippen molar-refractivity contribution in [2.24, 2.45) is 0 Å². The van der Waals surface area contributed by atoms with Crippen molar-refractivity contribution in [1.29, 1.82) is 0 Å². The second-order valence-corrected chi connectivity index (χ2v) is 6.42. The highest BCUT2D eigenvalue weighted by molar-refractivity contribution is 6.35. The lowest BCUT2D eigenvalue weighted by atomic mass is 10.1. The van der Waals surface area contributed by atoms with Gasteiger partial charge in [-0.2, -0.15) is 0 Å². The summed E-state index contributed by atoms with van der Waals surface area (Å²) in [7, 11) is 1.77. The molecule has 8 heteroatoms. The van der Waals surface area contributed by atoms with Gasteiger partial charge in [0.25, 0.3) is 5.69 Å². The van der Waals surface area contributed by atoms with Crippen molar-refractivity contribution in [3.8, 4) is 0 Å². The van der Waals surface area contributed by atoms with Crippen LogP contribution < -0.4 is 5.32 Å². The summed E-state index contributed by atoms with van der Waals surface area (Å²) in [5, 5.41) is 14.6. The summed E-state index contributed by atoms with van der Waals surface area (Å²) in [6, 6.07) is 11.1. The van der Waals surface area contributed by atoms with Crippen LogP contribution >= 0.6 is 23.2 Å². The number of para-hydroxylation sites is 2. The van der Waals surface area contributed by atoms with E-state index in [2.05, 4.69) is 5.32 Å². The van der Waals surface area contributed by atoms with Gasteiger partial charge in [-0.05, 0) is 37.7 Å². The third-order valence-electron chi connectivity index (χ3n) is 3.84. The van der Waals surface area contributed by atoms with E-state index in [-0.39, 0.29) is 29.9 Å². The zero-order valence-corrected chi connectivity index (χ0v) is 15.2. The molecule has 0 heterocycles. The van der Waals surface area contributed by atoms with Gasteiger partial charge in [0, 0.05) is 22.2 Å². The largest absolute Gasteiger partial charge is 0.319 e. The van der Waals surface area contributed by atoms with E-state index >= 15 is 0 Å². The van der Waals surface area contributed by atoms with Crippen LogP contribution in [-0.2, 0) is 4.79 Å². The molecule has 0 fully saturated rings. The molecule has 0 bridgehead atoms. The number of nitro groups is 1. The van der Waals surface area contributed by atoms with E-state index in [1.807, 2.05) is 13.0 Å². The molecule has 0 saturated carbocycles. The van der Waals surface area contributed by atoms with Crippen LogP contribution in [0.25, 0.3) is 0 Å². The minimum atomic E-state index is -0.532. The third kappa shape index (κ3) is 4.92. The maximum Gasteiger partial charge on any atom is 0.292 e. The van der Waals surface area contributed by atoms with Gasteiger partial charge in [0.05, 0.1) is 11.5 Å². The van der Waals surface area contributed by atoms with Gasteiger partial charge in [0.15, 0.2) is 0 Å². The van der Waals surface area contributed by atoms with E-state index in [1.54, 1.807) is 36.2 Å². The lowest BCUT2D eigenvalue weighted by Crippen LogP contribution is -2.32.